The van der Waals surface area contributed by atoms with E-state index in [-0.39, 0.29) is 43.1 Å². The molecule has 0 radical (unpaired) electrons. The first-order valence-corrected chi connectivity index (χ1v) is 7.84. The van der Waals surface area contributed by atoms with Gasteiger partial charge in [-0.05, 0) is 43.5 Å². The Bertz CT molecular complexity index is 538. The number of carbonyl (C=O) groups excluding carboxylic acids is 1. The largest absolute Gasteiger partial charge is 0.378 e. The number of anilines is 2. The molecular formula is C16H24Cl2FN3O2. The summed E-state index contributed by atoms with van der Waals surface area (Å²) in [7, 11) is 0. The van der Waals surface area contributed by atoms with Crippen molar-refractivity contribution in [3.8, 4) is 0 Å². The van der Waals surface area contributed by atoms with Crippen molar-refractivity contribution in [2.75, 3.05) is 49.6 Å². The van der Waals surface area contributed by atoms with E-state index < -0.39 is 0 Å². The van der Waals surface area contributed by atoms with Crippen LogP contribution in [0.1, 0.15) is 12.8 Å². The molecule has 1 aliphatic carbocycles. The van der Waals surface area contributed by atoms with Crippen molar-refractivity contribution < 1.29 is 13.9 Å². The lowest BCUT2D eigenvalue weighted by Crippen LogP contribution is -2.36. The summed E-state index contributed by atoms with van der Waals surface area (Å²) in [5.41, 5.74) is 1.28. The highest BCUT2D eigenvalue weighted by Crippen LogP contribution is 2.27. The third kappa shape index (κ3) is 6.43. The van der Waals surface area contributed by atoms with Crippen molar-refractivity contribution in [2.45, 2.75) is 12.8 Å². The SMILES string of the molecule is Cl.Cl.O=C(CNCC1CC1)Nc1cc(F)cc(N2CCOCC2)c1. The van der Waals surface area contributed by atoms with Gasteiger partial charge in [-0.1, -0.05) is 0 Å². The normalized spacial score (nSPS) is 16.8. The summed E-state index contributed by atoms with van der Waals surface area (Å²) in [6.07, 6.45) is 2.50. The Morgan fingerprint density at radius 3 is 2.58 bits per heavy atom. The molecule has 1 aliphatic heterocycles. The Kier molecular flexibility index (Phi) is 8.76. The van der Waals surface area contributed by atoms with Gasteiger partial charge in [-0.25, -0.2) is 4.39 Å². The molecule has 24 heavy (non-hydrogen) atoms. The zero-order chi connectivity index (χ0) is 15.4. The Balaban J connectivity index is 0.00000144. The lowest BCUT2D eigenvalue weighted by atomic mass is 10.2. The summed E-state index contributed by atoms with van der Waals surface area (Å²) >= 11 is 0. The van der Waals surface area contributed by atoms with Crippen LogP contribution in [-0.4, -0.2) is 45.3 Å². The summed E-state index contributed by atoms with van der Waals surface area (Å²) < 4.78 is 19.1. The third-order valence-corrected chi connectivity index (χ3v) is 3.96. The van der Waals surface area contributed by atoms with E-state index in [1.54, 1.807) is 0 Å². The molecule has 5 nitrogen and oxygen atoms in total. The van der Waals surface area contributed by atoms with Gasteiger partial charge in [0.25, 0.3) is 0 Å². The van der Waals surface area contributed by atoms with Gasteiger partial charge in [0.1, 0.15) is 5.82 Å². The summed E-state index contributed by atoms with van der Waals surface area (Å²) in [6, 6.07) is 4.66. The van der Waals surface area contributed by atoms with E-state index in [1.165, 1.54) is 25.0 Å². The molecule has 8 heteroatoms. The van der Waals surface area contributed by atoms with Crippen molar-refractivity contribution in [3.63, 3.8) is 0 Å². The zero-order valence-electron chi connectivity index (χ0n) is 13.4. The fourth-order valence-electron chi connectivity index (χ4n) is 2.57. The Hall–Kier alpha value is -1.08. The molecule has 0 spiro atoms. The molecule has 1 heterocycles. The number of rotatable bonds is 6. The predicted molar refractivity (Wildman–Crippen MR) is 98.2 cm³/mol. The van der Waals surface area contributed by atoms with E-state index in [0.717, 1.165) is 31.2 Å². The fraction of sp³-hybridized carbons (Fsp3) is 0.562. The summed E-state index contributed by atoms with van der Waals surface area (Å²) in [4.78, 5) is 13.9. The Labute approximate surface area is 154 Å². The Morgan fingerprint density at radius 1 is 1.21 bits per heavy atom. The minimum atomic E-state index is -0.342. The topological polar surface area (TPSA) is 53.6 Å². The molecule has 2 N–H and O–H groups in total. The highest BCUT2D eigenvalue weighted by molar-refractivity contribution is 5.92. The highest BCUT2D eigenvalue weighted by Gasteiger charge is 2.20. The molecule has 1 saturated carbocycles. The van der Waals surface area contributed by atoms with Crippen molar-refractivity contribution in [1.29, 1.82) is 0 Å². The second kappa shape index (κ2) is 10.0. The van der Waals surface area contributed by atoms with Crippen LogP contribution in [0.3, 0.4) is 0 Å². The van der Waals surface area contributed by atoms with Gasteiger partial charge in [-0.3, -0.25) is 4.79 Å². The molecule has 0 atom stereocenters. The number of ether oxygens (including phenoxy) is 1. The van der Waals surface area contributed by atoms with Crippen LogP contribution in [0.2, 0.25) is 0 Å². The molecule has 0 aromatic heterocycles. The first-order valence-electron chi connectivity index (χ1n) is 7.84. The summed E-state index contributed by atoms with van der Waals surface area (Å²) in [6.45, 7) is 3.90. The molecule has 3 rings (SSSR count). The minimum absolute atomic E-state index is 0. The van der Waals surface area contributed by atoms with E-state index in [9.17, 15) is 9.18 Å². The molecule has 0 unspecified atom stereocenters. The smallest absolute Gasteiger partial charge is 0.238 e. The predicted octanol–water partition coefficient (Wildman–Crippen LogP) is 2.44. The standard InChI is InChI=1S/C16H22FN3O2.2ClH/c17-13-7-14(19-16(21)11-18-10-12-1-2-12)9-15(8-13)20-3-5-22-6-4-20;;/h7-9,12,18H,1-6,10-11H2,(H,19,21);2*1H. The number of hydrogen-bond donors (Lipinski definition) is 2. The number of nitrogens with zero attached hydrogens (tertiary/aromatic N) is 1. The third-order valence-electron chi connectivity index (χ3n) is 3.96. The van der Waals surface area contributed by atoms with Crippen molar-refractivity contribution in [3.05, 3.63) is 24.0 Å². The molecular weight excluding hydrogens is 356 g/mol. The van der Waals surface area contributed by atoms with Crippen LogP contribution in [0.25, 0.3) is 0 Å². The van der Waals surface area contributed by atoms with Gasteiger partial charge < -0.3 is 20.3 Å². The van der Waals surface area contributed by atoms with Crippen molar-refractivity contribution in [2.24, 2.45) is 5.92 Å². The van der Waals surface area contributed by atoms with Crippen LogP contribution in [0.15, 0.2) is 18.2 Å². The second-order valence-corrected chi connectivity index (χ2v) is 5.92. The molecule has 1 amide bonds. The maximum atomic E-state index is 13.8. The lowest BCUT2D eigenvalue weighted by Gasteiger charge is -2.29. The maximum absolute atomic E-state index is 13.8. The number of hydrogen-bond acceptors (Lipinski definition) is 4. The van der Waals surface area contributed by atoms with E-state index in [2.05, 4.69) is 15.5 Å². The number of halogens is 3. The molecule has 2 aliphatic rings. The lowest BCUT2D eigenvalue weighted by molar-refractivity contribution is -0.115. The second-order valence-electron chi connectivity index (χ2n) is 5.92. The number of morpholine rings is 1. The molecule has 0 bridgehead atoms. The van der Waals surface area contributed by atoms with Crippen LogP contribution in [0.4, 0.5) is 15.8 Å². The van der Waals surface area contributed by atoms with Crippen molar-refractivity contribution in [1.82, 2.24) is 5.32 Å². The van der Waals surface area contributed by atoms with E-state index in [4.69, 9.17) is 4.74 Å². The quantitative estimate of drug-likeness (QED) is 0.796. The van der Waals surface area contributed by atoms with Gasteiger partial charge >= 0.3 is 0 Å². The molecule has 136 valence electrons. The van der Waals surface area contributed by atoms with Crippen LogP contribution >= 0.6 is 24.8 Å². The van der Waals surface area contributed by atoms with Gasteiger partial charge in [-0.15, -0.1) is 24.8 Å². The Morgan fingerprint density at radius 2 is 1.92 bits per heavy atom. The molecule has 2 fully saturated rings. The maximum Gasteiger partial charge on any atom is 0.238 e. The first kappa shape index (κ1) is 21.0. The van der Waals surface area contributed by atoms with Gasteiger partial charge in [0.05, 0.1) is 19.8 Å². The summed E-state index contributed by atoms with van der Waals surface area (Å²) in [5.74, 6) is 0.249. The van der Waals surface area contributed by atoms with E-state index in [0.29, 0.717) is 18.9 Å². The van der Waals surface area contributed by atoms with Gasteiger partial charge in [0, 0.05) is 24.5 Å². The minimum Gasteiger partial charge on any atom is -0.378 e. The van der Waals surface area contributed by atoms with Gasteiger partial charge in [-0.2, -0.15) is 0 Å². The van der Waals surface area contributed by atoms with Gasteiger partial charge in [0.2, 0.25) is 5.91 Å². The van der Waals surface area contributed by atoms with E-state index in [1.807, 2.05) is 6.07 Å². The average Bonchev–Trinajstić information content (AvgIpc) is 3.32. The first-order chi connectivity index (χ1) is 10.7. The zero-order valence-corrected chi connectivity index (χ0v) is 15.1. The molecule has 1 aromatic rings. The highest BCUT2D eigenvalue weighted by atomic mass is 35.5. The number of nitrogens with one attached hydrogen (secondary N) is 2. The number of amides is 1. The molecule has 1 aromatic carbocycles. The number of benzene rings is 1. The van der Waals surface area contributed by atoms with Crippen LogP contribution < -0.4 is 15.5 Å². The van der Waals surface area contributed by atoms with Crippen molar-refractivity contribution >= 4 is 42.1 Å². The van der Waals surface area contributed by atoms with Crippen LogP contribution in [0, 0.1) is 11.7 Å². The van der Waals surface area contributed by atoms with Crippen LogP contribution in [0.5, 0.6) is 0 Å². The average molecular weight is 380 g/mol. The number of carbonyl (C=O) groups is 1. The monoisotopic (exact) mass is 379 g/mol. The molecule has 1 saturated heterocycles. The summed E-state index contributed by atoms with van der Waals surface area (Å²) in [5, 5.41) is 5.88. The van der Waals surface area contributed by atoms with Gasteiger partial charge in [0.15, 0.2) is 0 Å². The van der Waals surface area contributed by atoms with Crippen LogP contribution in [-0.2, 0) is 9.53 Å². The van der Waals surface area contributed by atoms with E-state index >= 15 is 0 Å². The fourth-order valence-corrected chi connectivity index (χ4v) is 2.57.